The van der Waals surface area contributed by atoms with E-state index in [9.17, 15) is 4.79 Å². The first-order valence-electron chi connectivity index (χ1n) is 10.9. The molecule has 0 spiro atoms. The normalized spacial score (nSPS) is 14.9. The maximum absolute atomic E-state index is 13.9. The molecule has 3 heterocycles. The Kier molecular flexibility index (Phi) is 6.03. The van der Waals surface area contributed by atoms with E-state index in [1.54, 1.807) is 30.2 Å². The Morgan fingerprint density at radius 2 is 1.88 bits per heavy atom. The monoisotopic (exact) mass is 478 g/mol. The standard InChI is InChI=1S/C26H26N2O3S2/c1-26(2)13-20-21(15-31-26)33-23-22(20)24(29)28(14-17-7-5-4-6-8-17)25(27-23)32-16-18-9-11-19(30-3)12-10-18/h4-12H,13-16H2,1-3H3. The highest BCUT2D eigenvalue weighted by Crippen LogP contribution is 2.38. The van der Waals surface area contributed by atoms with Gasteiger partial charge in [0.2, 0.25) is 0 Å². The van der Waals surface area contributed by atoms with Gasteiger partial charge in [-0.15, -0.1) is 11.3 Å². The zero-order chi connectivity index (χ0) is 23.0. The molecule has 0 amide bonds. The van der Waals surface area contributed by atoms with E-state index >= 15 is 0 Å². The molecule has 4 aromatic rings. The largest absolute Gasteiger partial charge is 0.497 e. The van der Waals surface area contributed by atoms with Crippen LogP contribution in [0.3, 0.4) is 0 Å². The molecule has 0 unspecified atom stereocenters. The lowest BCUT2D eigenvalue weighted by molar-refractivity contribution is -0.0379. The van der Waals surface area contributed by atoms with E-state index in [4.69, 9.17) is 14.5 Å². The van der Waals surface area contributed by atoms with E-state index in [0.717, 1.165) is 54.9 Å². The summed E-state index contributed by atoms with van der Waals surface area (Å²) in [5, 5.41) is 1.50. The molecule has 1 aliphatic rings. The van der Waals surface area contributed by atoms with E-state index in [1.807, 2.05) is 47.0 Å². The second-order valence-corrected chi connectivity index (χ2v) is 10.8. The lowest BCUT2D eigenvalue weighted by atomic mass is 9.94. The first-order chi connectivity index (χ1) is 15.9. The van der Waals surface area contributed by atoms with E-state index in [2.05, 4.69) is 26.0 Å². The summed E-state index contributed by atoms with van der Waals surface area (Å²) in [5.41, 5.74) is 3.11. The van der Waals surface area contributed by atoms with Crippen molar-refractivity contribution < 1.29 is 9.47 Å². The number of fused-ring (bicyclic) bond motifs is 3. The maximum Gasteiger partial charge on any atom is 0.263 e. The number of thiophene rings is 1. The molecule has 170 valence electrons. The molecule has 0 saturated heterocycles. The van der Waals surface area contributed by atoms with Crippen molar-refractivity contribution in [3.05, 3.63) is 86.5 Å². The maximum atomic E-state index is 13.9. The SMILES string of the molecule is COc1ccc(CSc2nc3sc4c(c3c(=O)n2Cc2ccccc2)CC(C)(C)OC4)cc1. The second-order valence-electron chi connectivity index (χ2n) is 8.82. The van der Waals surface area contributed by atoms with Gasteiger partial charge in [0.05, 0.1) is 31.2 Å². The van der Waals surface area contributed by atoms with Gasteiger partial charge in [-0.2, -0.15) is 0 Å². The van der Waals surface area contributed by atoms with Crippen LogP contribution in [0.1, 0.15) is 35.4 Å². The molecule has 5 rings (SSSR count). The molecule has 0 N–H and O–H groups in total. The summed E-state index contributed by atoms with van der Waals surface area (Å²) in [4.78, 5) is 20.8. The fourth-order valence-electron chi connectivity index (χ4n) is 4.09. The topological polar surface area (TPSA) is 53.3 Å². The highest BCUT2D eigenvalue weighted by molar-refractivity contribution is 7.98. The predicted molar refractivity (Wildman–Crippen MR) is 135 cm³/mol. The molecule has 0 saturated carbocycles. The van der Waals surface area contributed by atoms with Crippen molar-refractivity contribution in [3.63, 3.8) is 0 Å². The van der Waals surface area contributed by atoms with Crippen molar-refractivity contribution in [2.45, 2.75) is 49.9 Å². The van der Waals surface area contributed by atoms with Gasteiger partial charge in [-0.3, -0.25) is 9.36 Å². The number of rotatable bonds is 6. The van der Waals surface area contributed by atoms with Crippen LogP contribution < -0.4 is 10.3 Å². The van der Waals surface area contributed by atoms with Gasteiger partial charge in [0.15, 0.2) is 5.16 Å². The molecule has 0 bridgehead atoms. The Balaban J connectivity index is 1.57. The molecular formula is C26H26N2O3S2. The van der Waals surface area contributed by atoms with Gasteiger partial charge in [0.1, 0.15) is 10.6 Å². The molecule has 0 aliphatic carbocycles. The van der Waals surface area contributed by atoms with E-state index in [0.29, 0.717) is 13.2 Å². The quantitative estimate of drug-likeness (QED) is 0.264. The molecule has 0 radical (unpaired) electrons. The van der Waals surface area contributed by atoms with Crippen LogP contribution in [0.15, 0.2) is 64.5 Å². The van der Waals surface area contributed by atoms with Gasteiger partial charge in [-0.1, -0.05) is 54.2 Å². The molecule has 0 fully saturated rings. The fraction of sp³-hybridized carbons (Fsp3) is 0.308. The summed E-state index contributed by atoms with van der Waals surface area (Å²) in [6, 6.07) is 18.1. The first-order valence-corrected chi connectivity index (χ1v) is 12.7. The van der Waals surface area contributed by atoms with Gasteiger partial charge in [0.25, 0.3) is 5.56 Å². The van der Waals surface area contributed by atoms with Crippen LogP contribution in [0.5, 0.6) is 5.75 Å². The number of hydrogen-bond acceptors (Lipinski definition) is 6. The van der Waals surface area contributed by atoms with Crippen LogP contribution >= 0.6 is 23.1 Å². The lowest BCUT2D eigenvalue weighted by Crippen LogP contribution is -2.32. The lowest BCUT2D eigenvalue weighted by Gasteiger charge is -2.29. The van der Waals surface area contributed by atoms with Crippen LogP contribution in [-0.2, 0) is 30.1 Å². The number of nitrogens with zero attached hydrogens (tertiary/aromatic N) is 2. The average Bonchev–Trinajstić information content (AvgIpc) is 3.17. The van der Waals surface area contributed by atoms with Gasteiger partial charge in [0, 0.05) is 17.1 Å². The first kappa shape index (κ1) is 22.2. The summed E-state index contributed by atoms with van der Waals surface area (Å²) >= 11 is 3.19. The van der Waals surface area contributed by atoms with Crippen LogP contribution in [-0.4, -0.2) is 22.3 Å². The van der Waals surface area contributed by atoms with Crippen LogP contribution in [0, 0.1) is 0 Å². The second kappa shape index (κ2) is 8.97. The Morgan fingerprint density at radius 3 is 2.61 bits per heavy atom. The number of benzene rings is 2. The Bertz CT molecular complexity index is 1340. The molecule has 1 aliphatic heterocycles. The zero-order valence-corrected chi connectivity index (χ0v) is 20.6. The number of thioether (sulfide) groups is 1. The summed E-state index contributed by atoms with van der Waals surface area (Å²) in [7, 11) is 1.66. The number of aromatic nitrogens is 2. The fourth-order valence-corrected chi connectivity index (χ4v) is 6.19. The molecule has 0 atom stereocenters. The third-order valence-electron chi connectivity index (χ3n) is 5.87. The van der Waals surface area contributed by atoms with Gasteiger partial charge < -0.3 is 9.47 Å². The highest BCUT2D eigenvalue weighted by atomic mass is 32.2. The van der Waals surface area contributed by atoms with Crippen molar-refractivity contribution in [2.75, 3.05) is 7.11 Å². The molecule has 7 heteroatoms. The highest BCUT2D eigenvalue weighted by Gasteiger charge is 2.31. The molecule has 5 nitrogen and oxygen atoms in total. The van der Waals surface area contributed by atoms with E-state index < -0.39 is 0 Å². The van der Waals surface area contributed by atoms with Crippen LogP contribution in [0.2, 0.25) is 0 Å². The minimum Gasteiger partial charge on any atom is -0.497 e. The Labute approximate surface area is 201 Å². The van der Waals surface area contributed by atoms with Crippen molar-refractivity contribution in [2.24, 2.45) is 0 Å². The van der Waals surface area contributed by atoms with Gasteiger partial charge >= 0.3 is 0 Å². The molecule has 2 aromatic carbocycles. The average molecular weight is 479 g/mol. The Hall–Kier alpha value is -2.61. The van der Waals surface area contributed by atoms with Gasteiger partial charge in [-0.25, -0.2) is 4.98 Å². The van der Waals surface area contributed by atoms with Crippen LogP contribution in [0.4, 0.5) is 0 Å². The van der Waals surface area contributed by atoms with Crippen molar-refractivity contribution >= 4 is 33.3 Å². The summed E-state index contributed by atoms with van der Waals surface area (Å²) < 4.78 is 13.1. The number of ether oxygens (including phenoxy) is 2. The minimum atomic E-state index is -0.278. The third kappa shape index (κ3) is 4.58. The van der Waals surface area contributed by atoms with Gasteiger partial charge in [-0.05, 0) is 42.7 Å². The Morgan fingerprint density at radius 1 is 1.12 bits per heavy atom. The number of hydrogen-bond donors (Lipinski definition) is 0. The molecular weight excluding hydrogens is 452 g/mol. The zero-order valence-electron chi connectivity index (χ0n) is 19.0. The van der Waals surface area contributed by atoms with Crippen molar-refractivity contribution in [1.82, 2.24) is 9.55 Å². The molecule has 33 heavy (non-hydrogen) atoms. The van der Waals surface area contributed by atoms with Crippen molar-refractivity contribution in [1.29, 1.82) is 0 Å². The minimum absolute atomic E-state index is 0.0382. The number of methoxy groups -OCH3 is 1. The summed E-state index contributed by atoms with van der Waals surface area (Å²) in [6.07, 6.45) is 0.725. The van der Waals surface area contributed by atoms with Crippen LogP contribution in [0.25, 0.3) is 10.2 Å². The smallest absolute Gasteiger partial charge is 0.263 e. The van der Waals surface area contributed by atoms with Crippen molar-refractivity contribution in [3.8, 4) is 5.75 Å². The van der Waals surface area contributed by atoms with E-state index in [-0.39, 0.29) is 11.2 Å². The van der Waals surface area contributed by atoms with E-state index in [1.165, 1.54) is 0 Å². The summed E-state index contributed by atoms with van der Waals surface area (Å²) in [6.45, 7) is 5.19. The summed E-state index contributed by atoms with van der Waals surface area (Å²) in [5.74, 6) is 1.55. The third-order valence-corrected chi connectivity index (χ3v) is 8.01. The predicted octanol–water partition coefficient (Wildman–Crippen LogP) is 5.66. The molecule has 2 aromatic heterocycles.